The molecule has 0 saturated carbocycles. The number of aromatic nitrogens is 2. The molecule has 0 unspecified atom stereocenters. The summed E-state index contributed by atoms with van der Waals surface area (Å²) in [5, 5.41) is 6.64. The predicted octanol–water partition coefficient (Wildman–Crippen LogP) is 3.70. The smallest absolute Gasteiger partial charge is 0.325 e. The first kappa shape index (κ1) is 22.0. The summed E-state index contributed by atoms with van der Waals surface area (Å²) in [6.07, 6.45) is 1.39. The topological polar surface area (TPSA) is 104 Å². The zero-order valence-electron chi connectivity index (χ0n) is 18.0. The molecule has 0 bridgehead atoms. The van der Waals surface area contributed by atoms with Crippen molar-refractivity contribution in [2.45, 2.75) is 39.9 Å². The molecule has 3 aromatic rings. The van der Waals surface area contributed by atoms with Crippen LogP contribution in [0.5, 0.6) is 5.88 Å². The fraction of sp³-hybridized carbons (Fsp3) is 0.304. The van der Waals surface area contributed by atoms with Crippen molar-refractivity contribution < 1.29 is 23.6 Å². The number of esters is 1. The molecule has 1 N–H and O–H groups in total. The zero-order valence-corrected chi connectivity index (χ0v) is 18.0. The molecule has 1 amide bonds. The standard InChI is InChI=1S/C23H25N3O5/c1-15-18(21(26-31-15)16-8-6-5-7-9-16)14-29-19-11-10-17(12-24-19)22(28)25-13-20(27)30-23(2,3)4/h5-12H,13-14H2,1-4H3,(H,25,28). The number of carbonyl (C=O) groups excluding carboxylic acids is 2. The molecule has 0 radical (unpaired) electrons. The summed E-state index contributed by atoms with van der Waals surface area (Å²) in [5.41, 5.74) is 2.18. The van der Waals surface area contributed by atoms with Gasteiger partial charge < -0.3 is 19.3 Å². The third-order valence-corrected chi connectivity index (χ3v) is 4.21. The van der Waals surface area contributed by atoms with Gasteiger partial charge in [0, 0.05) is 17.8 Å². The number of carbonyl (C=O) groups is 2. The maximum Gasteiger partial charge on any atom is 0.325 e. The molecule has 3 rings (SSSR count). The maximum atomic E-state index is 12.2. The van der Waals surface area contributed by atoms with Gasteiger partial charge in [-0.3, -0.25) is 9.59 Å². The van der Waals surface area contributed by atoms with E-state index in [-0.39, 0.29) is 13.2 Å². The lowest BCUT2D eigenvalue weighted by Crippen LogP contribution is -2.34. The molecule has 0 spiro atoms. The average Bonchev–Trinajstić information content (AvgIpc) is 3.10. The molecule has 0 aliphatic rings. The highest BCUT2D eigenvalue weighted by Gasteiger charge is 2.18. The molecule has 1 aromatic carbocycles. The van der Waals surface area contributed by atoms with Crippen molar-refractivity contribution in [2.75, 3.05) is 6.54 Å². The number of nitrogens with one attached hydrogen (secondary N) is 1. The van der Waals surface area contributed by atoms with Crippen molar-refractivity contribution in [1.29, 1.82) is 0 Å². The summed E-state index contributed by atoms with van der Waals surface area (Å²) >= 11 is 0. The summed E-state index contributed by atoms with van der Waals surface area (Å²) in [4.78, 5) is 28.1. The van der Waals surface area contributed by atoms with Gasteiger partial charge in [0.15, 0.2) is 0 Å². The van der Waals surface area contributed by atoms with E-state index in [1.807, 2.05) is 37.3 Å². The number of amides is 1. The fourth-order valence-electron chi connectivity index (χ4n) is 2.76. The van der Waals surface area contributed by atoms with Crippen LogP contribution in [-0.2, 0) is 16.1 Å². The summed E-state index contributed by atoms with van der Waals surface area (Å²) in [6, 6.07) is 12.9. The molecule has 0 aliphatic carbocycles. The first-order valence-corrected chi connectivity index (χ1v) is 9.82. The lowest BCUT2D eigenvalue weighted by atomic mass is 10.1. The van der Waals surface area contributed by atoms with Crippen LogP contribution in [0.1, 0.15) is 42.5 Å². The fourth-order valence-corrected chi connectivity index (χ4v) is 2.76. The number of ether oxygens (including phenoxy) is 2. The van der Waals surface area contributed by atoms with Gasteiger partial charge in [-0.15, -0.1) is 0 Å². The van der Waals surface area contributed by atoms with Crippen LogP contribution in [0.3, 0.4) is 0 Å². The van der Waals surface area contributed by atoms with E-state index in [1.165, 1.54) is 6.20 Å². The molecule has 0 saturated heterocycles. The number of nitrogens with zero attached hydrogens (tertiary/aromatic N) is 2. The van der Waals surface area contributed by atoms with Gasteiger partial charge in [-0.2, -0.15) is 0 Å². The van der Waals surface area contributed by atoms with E-state index in [1.54, 1.807) is 32.9 Å². The molecule has 8 nitrogen and oxygen atoms in total. The minimum absolute atomic E-state index is 0.219. The molecule has 2 heterocycles. The molecule has 162 valence electrons. The first-order chi connectivity index (χ1) is 14.7. The van der Waals surface area contributed by atoms with E-state index >= 15 is 0 Å². The SMILES string of the molecule is Cc1onc(-c2ccccc2)c1COc1ccc(C(=O)NCC(=O)OC(C)(C)C)cn1. The Kier molecular flexibility index (Phi) is 6.69. The van der Waals surface area contributed by atoms with Crippen molar-refractivity contribution in [2.24, 2.45) is 0 Å². The summed E-state index contributed by atoms with van der Waals surface area (Å²) in [5.74, 6) is 0.0820. The number of rotatable bonds is 7. The van der Waals surface area contributed by atoms with E-state index < -0.39 is 17.5 Å². The van der Waals surface area contributed by atoms with Crippen LogP contribution in [-0.4, -0.2) is 34.2 Å². The number of hydrogen-bond acceptors (Lipinski definition) is 7. The Morgan fingerprint density at radius 1 is 1.10 bits per heavy atom. The van der Waals surface area contributed by atoms with Gasteiger partial charge in [0.1, 0.15) is 30.2 Å². The van der Waals surface area contributed by atoms with Crippen LogP contribution in [0.4, 0.5) is 0 Å². The van der Waals surface area contributed by atoms with E-state index in [4.69, 9.17) is 14.0 Å². The lowest BCUT2D eigenvalue weighted by Gasteiger charge is -2.19. The third kappa shape index (κ3) is 6.15. The Balaban J connectivity index is 1.58. The largest absolute Gasteiger partial charge is 0.473 e. The van der Waals surface area contributed by atoms with Gasteiger partial charge in [0.2, 0.25) is 5.88 Å². The van der Waals surface area contributed by atoms with Gasteiger partial charge in [0.05, 0.1) is 11.1 Å². The Bertz CT molecular complexity index is 1040. The molecule has 2 aromatic heterocycles. The average molecular weight is 423 g/mol. The Morgan fingerprint density at radius 3 is 2.48 bits per heavy atom. The minimum Gasteiger partial charge on any atom is -0.473 e. The van der Waals surface area contributed by atoms with Crippen LogP contribution >= 0.6 is 0 Å². The Labute approximate surface area is 180 Å². The highest BCUT2D eigenvalue weighted by atomic mass is 16.6. The monoisotopic (exact) mass is 423 g/mol. The second-order valence-corrected chi connectivity index (χ2v) is 7.87. The zero-order chi connectivity index (χ0) is 22.4. The van der Waals surface area contributed by atoms with Gasteiger partial charge in [-0.25, -0.2) is 4.98 Å². The number of benzene rings is 1. The highest BCUT2D eigenvalue weighted by molar-refractivity contribution is 5.95. The van der Waals surface area contributed by atoms with Crippen molar-refractivity contribution in [3.05, 3.63) is 65.5 Å². The normalized spacial score (nSPS) is 11.1. The number of aryl methyl sites for hydroxylation is 1. The second kappa shape index (κ2) is 9.42. The maximum absolute atomic E-state index is 12.2. The van der Waals surface area contributed by atoms with E-state index in [0.29, 0.717) is 17.2 Å². The highest BCUT2D eigenvalue weighted by Crippen LogP contribution is 2.26. The minimum atomic E-state index is -0.606. The summed E-state index contributed by atoms with van der Waals surface area (Å²) in [7, 11) is 0. The number of hydrogen-bond donors (Lipinski definition) is 1. The third-order valence-electron chi connectivity index (χ3n) is 4.21. The van der Waals surface area contributed by atoms with Crippen molar-refractivity contribution >= 4 is 11.9 Å². The van der Waals surface area contributed by atoms with Crippen molar-refractivity contribution in [3.63, 3.8) is 0 Å². The lowest BCUT2D eigenvalue weighted by molar-refractivity contribution is -0.153. The quantitative estimate of drug-likeness (QED) is 0.578. The van der Waals surface area contributed by atoms with Crippen molar-refractivity contribution in [3.8, 4) is 17.1 Å². The van der Waals surface area contributed by atoms with Gasteiger partial charge in [-0.05, 0) is 33.8 Å². The van der Waals surface area contributed by atoms with Crippen LogP contribution in [0, 0.1) is 6.92 Å². The molecule has 0 aliphatic heterocycles. The Morgan fingerprint density at radius 2 is 1.84 bits per heavy atom. The van der Waals surface area contributed by atoms with E-state index in [0.717, 1.165) is 16.8 Å². The van der Waals surface area contributed by atoms with Gasteiger partial charge in [-0.1, -0.05) is 35.5 Å². The second-order valence-electron chi connectivity index (χ2n) is 7.87. The predicted molar refractivity (Wildman–Crippen MR) is 113 cm³/mol. The Hall–Kier alpha value is -3.68. The van der Waals surface area contributed by atoms with Gasteiger partial charge >= 0.3 is 5.97 Å². The molecule has 8 heteroatoms. The molecular weight excluding hydrogens is 398 g/mol. The van der Waals surface area contributed by atoms with E-state index in [2.05, 4.69) is 15.5 Å². The van der Waals surface area contributed by atoms with Crippen LogP contribution in [0.2, 0.25) is 0 Å². The number of pyridine rings is 1. The first-order valence-electron chi connectivity index (χ1n) is 9.82. The molecule has 31 heavy (non-hydrogen) atoms. The summed E-state index contributed by atoms with van der Waals surface area (Å²) in [6.45, 7) is 7.11. The van der Waals surface area contributed by atoms with Crippen LogP contribution in [0.25, 0.3) is 11.3 Å². The van der Waals surface area contributed by atoms with Gasteiger partial charge in [0.25, 0.3) is 5.91 Å². The van der Waals surface area contributed by atoms with Crippen LogP contribution < -0.4 is 10.1 Å². The van der Waals surface area contributed by atoms with Crippen molar-refractivity contribution in [1.82, 2.24) is 15.5 Å². The molecular formula is C23H25N3O5. The van der Waals surface area contributed by atoms with E-state index in [9.17, 15) is 9.59 Å². The molecule has 0 atom stereocenters. The molecule has 0 fully saturated rings. The van der Waals surface area contributed by atoms with Crippen LogP contribution in [0.15, 0.2) is 53.2 Å². The summed E-state index contributed by atoms with van der Waals surface area (Å²) < 4.78 is 16.2.